The Labute approximate surface area is 237 Å². The number of carbonyl (C=O) groups excluding carboxylic acids is 1. The second-order valence-electron chi connectivity index (χ2n) is 11.1. The Morgan fingerprint density at radius 2 is 1.88 bits per heavy atom. The van der Waals surface area contributed by atoms with Gasteiger partial charge in [-0.25, -0.2) is 4.98 Å². The van der Waals surface area contributed by atoms with Gasteiger partial charge in [0.25, 0.3) is 5.91 Å². The normalized spacial score (nSPS) is 22.4. The number of halogens is 1. The monoisotopic (exact) mass is 558 g/mol. The lowest BCUT2D eigenvalue weighted by atomic mass is 9.50. The topological polar surface area (TPSA) is 106 Å². The Kier molecular flexibility index (Phi) is 6.74. The van der Waals surface area contributed by atoms with Gasteiger partial charge in [-0.1, -0.05) is 41.9 Å². The number of nitrogens with one attached hydrogen (secondary N) is 1. The van der Waals surface area contributed by atoms with Crippen LogP contribution in [0.4, 0.5) is 0 Å². The van der Waals surface area contributed by atoms with Crippen LogP contribution >= 0.6 is 11.6 Å². The first kappa shape index (κ1) is 26.3. The van der Waals surface area contributed by atoms with Gasteiger partial charge in [0, 0.05) is 23.1 Å². The van der Waals surface area contributed by atoms with Gasteiger partial charge < -0.3 is 15.2 Å². The Hall–Kier alpha value is -3.91. The molecule has 206 valence electrons. The maximum absolute atomic E-state index is 13.4. The van der Waals surface area contributed by atoms with Gasteiger partial charge in [-0.2, -0.15) is 5.10 Å². The molecule has 1 amide bonds. The van der Waals surface area contributed by atoms with E-state index in [1.165, 1.54) is 0 Å². The largest absolute Gasteiger partial charge is 0.481 e. The number of ether oxygens (including phenoxy) is 1. The molecule has 1 spiro atoms. The highest BCUT2D eigenvalue weighted by Gasteiger charge is 2.55. The summed E-state index contributed by atoms with van der Waals surface area (Å²) >= 11 is 6.52. The SMILES string of the molecule is CCOc1cccc(-c2ccc([C@H](C)n3ncc4c(Cl)ccc(C(=O)NC5CC6(C5)CC(C(=O)O)C6)c43)cc2)n1. The number of benzene rings is 2. The highest BCUT2D eigenvalue weighted by molar-refractivity contribution is 6.36. The highest BCUT2D eigenvalue weighted by atomic mass is 35.5. The van der Waals surface area contributed by atoms with E-state index in [9.17, 15) is 14.7 Å². The Morgan fingerprint density at radius 1 is 1.12 bits per heavy atom. The number of nitrogens with zero attached hydrogens (tertiary/aromatic N) is 3. The fraction of sp³-hybridized carbons (Fsp3) is 0.355. The van der Waals surface area contributed by atoms with Crippen LogP contribution < -0.4 is 10.1 Å². The minimum Gasteiger partial charge on any atom is -0.481 e. The number of hydrogen-bond donors (Lipinski definition) is 2. The number of fused-ring (bicyclic) bond motifs is 1. The second-order valence-corrected chi connectivity index (χ2v) is 11.5. The summed E-state index contributed by atoms with van der Waals surface area (Å²) < 4.78 is 7.39. The molecule has 2 fully saturated rings. The van der Waals surface area contributed by atoms with Crippen LogP contribution in [0.15, 0.2) is 60.8 Å². The third-order valence-electron chi connectivity index (χ3n) is 8.42. The van der Waals surface area contributed by atoms with E-state index in [1.807, 2.05) is 61.0 Å². The summed E-state index contributed by atoms with van der Waals surface area (Å²) in [7, 11) is 0. The maximum Gasteiger partial charge on any atom is 0.306 e. The van der Waals surface area contributed by atoms with E-state index in [0.717, 1.165) is 35.0 Å². The summed E-state index contributed by atoms with van der Waals surface area (Å²) in [6, 6.07) is 17.2. The van der Waals surface area contributed by atoms with Crippen molar-refractivity contribution >= 4 is 34.4 Å². The molecule has 0 bridgehead atoms. The van der Waals surface area contributed by atoms with Crippen LogP contribution in [0, 0.1) is 11.3 Å². The Morgan fingerprint density at radius 3 is 2.58 bits per heavy atom. The summed E-state index contributed by atoms with van der Waals surface area (Å²) in [6.45, 7) is 4.54. The van der Waals surface area contributed by atoms with Crippen molar-refractivity contribution in [3.8, 4) is 17.1 Å². The fourth-order valence-corrected chi connectivity index (χ4v) is 6.53. The molecule has 0 unspecified atom stereocenters. The number of carboxylic acids is 1. The van der Waals surface area contributed by atoms with Crippen LogP contribution in [0.5, 0.6) is 5.88 Å². The molecule has 9 heteroatoms. The van der Waals surface area contributed by atoms with E-state index < -0.39 is 5.97 Å². The maximum atomic E-state index is 13.4. The summed E-state index contributed by atoms with van der Waals surface area (Å²) in [6.07, 6.45) is 4.77. The van der Waals surface area contributed by atoms with Gasteiger partial charge in [-0.3, -0.25) is 14.3 Å². The molecule has 40 heavy (non-hydrogen) atoms. The van der Waals surface area contributed by atoms with Gasteiger partial charge in [0.2, 0.25) is 5.88 Å². The summed E-state index contributed by atoms with van der Waals surface area (Å²) in [5.74, 6) is -0.530. The van der Waals surface area contributed by atoms with Gasteiger partial charge in [0.05, 0.1) is 46.6 Å². The minimum absolute atomic E-state index is 0.0455. The standard InChI is InChI=1S/C31H31ClN4O4/c1-3-40-27-6-4-5-26(35-27)20-9-7-19(8-10-20)18(2)36-28-23(11-12-25(32)24(28)17-33-36)29(37)34-22-15-31(16-22)13-21(14-31)30(38)39/h4-12,17-18,21-22H,3,13-16H2,1-2H3,(H,34,37)(H,38,39)/t18-,21?,22?,31?/m0/s1. The molecule has 4 aromatic rings. The third-order valence-corrected chi connectivity index (χ3v) is 8.75. The third kappa shape index (κ3) is 4.70. The van der Waals surface area contributed by atoms with E-state index in [2.05, 4.69) is 15.4 Å². The molecule has 2 heterocycles. The molecule has 2 aliphatic carbocycles. The zero-order valence-corrected chi connectivity index (χ0v) is 23.2. The Balaban J connectivity index is 1.21. The van der Waals surface area contributed by atoms with Gasteiger partial charge in [-0.15, -0.1) is 0 Å². The van der Waals surface area contributed by atoms with Crippen LogP contribution in [-0.2, 0) is 4.79 Å². The van der Waals surface area contributed by atoms with Crippen LogP contribution in [0.3, 0.4) is 0 Å². The number of carbonyl (C=O) groups is 2. The number of amides is 1. The van der Waals surface area contributed by atoms with Crippen LogP contribution in [-0.4, -0.2) is 44.4 Å². The van der Waals surface area contributed by atoms with Crippen LogP contribution in [0.1, 0.15) is 61.5 Å². The fourth-order valence-electron chi connectivity index (χ4n) is 6.33. The molecule has 2 saturated carbocycles. The van der Waals surface area contributed by atoms with Crippen molar-refractivity contribution < 1.29 is 19.4 Å². The van der Waals surface area contributed by atoms with E-state index in [-0.39, 0.29) is 29.3 Å². The predicted molar refractivity (Wildman–Crippen MR) is 153 cm³/mol. The molecule has 2 N–H and O–H groups in total. The van der Waals surface area contributed by atoms with Gasteiger partial charge in [-0.05, 0) is 68.7 Å². The number of hydrogen-bond acceptors (Lipinski definition) is 5. The molecule has 2 aliphatic rings. The van der Waals surface area contributed by atoms with Gasteiger partial charge in [0.1, 0.15) is 0 Å². The van der Waals surface area contributed by atoms with Crippen molar-refractivity contribution in [3.63, 3.8) is 0 Å². The lowest BCUT2D eigenvalue weighted by Crippen LogP contribution is -2.57. The van der Waals surface area contributed by atoms with Crippen molar-refractivity contribution in [3.05, 3.63) is 76.9 Å². The first-order valence-corrected chi connectivity index (χ1v) is 14.0. The zero-order valence-electron chi connectivity index (χ0n) is 22.4. The van der Waals surface area contributed by atoms with E-state index in [1.54, 1.807) is 18.3 Å². The van der Waals surface area contributed by atoms with Crippen molar-refractivity contribution in [2.45, 2.75) is 51.6 Å². The lowest BCUT2D eigenvalue weighted by Gasteiger charge is -2.56. The molecule has 0 radical (unpaired) electrons. The van der Waals surface area contributed by atoms with E-state index >= 15 is 0 Å². The molecule has 2 aromatic carbocycles. The highest BCUT2D eigenvalue weighted by Crippen LogP contribution is 2.58. The lowest BCUT2D eigenvalue weighted by molar-refractivity contribution is -0.155. The smallest absolute Gasteiger partial charge is 0.306 e. The van der Waals surface area contributed by atoms with E-state index in [0.29, 0.717) is 41.4 Å². The summed E-state index contributed by atoms with van der Waals surface area (Å²) in [5.41, 5.74) is 4.13. The van der Waals surface area contributed by atoms with Gasteiger partial charge >= 0.3 is 5.97 Å². The molecule has 6 rings (SSSR count). The van der Waals surface area contributed by atoms with Gasteiger partial charge in [0.15, 0.2) is 0 Å². The zero-order chi connectivity index (χ0) is 28.0. The van der Waals surface area contributed by atoms with Crippen molar-refractivity contribution in [1.82, 2.24) is 20.1 Å². The number of aromatic nitrogens is 3. The Bertz CT molecular complexity index is 1580. The summed E-state index contributed by atoms with van der Waals surface area (Å²) in [4.78, 5) is 29.2. The molecule has 1 atom stereocenters. The number of carboxylic acid groups (broad SMARTS) is 1. The summed E-state index contributed by atoms with van der Waals surface area (Å²) in [5, 5.41) is 18.3. The van der Waals surface area contributed by atoms with Crippen molar-refractivity contribution in [2.75, 3.05) is 6.61 Å². The number of rotatable bonds is 8. The quantitative estimate of drug-likeness (QED) is 0.269. The molecule has 0 aliphatic heterocycles. The molecule has 8 nitrogen and oxygen atoms in total. The van der Waals surface area contributed by atoms with Crippen LogP contribution in [0.25, 0.3) is 22.2 Å². The molecule has 0 saturated heterocycles. The molecular formula is C31H31ClN4O4. The first-order valence-electron chi connectivity index (χ1n) is 13.7. The van der Waals surface area contributed by atoms with Crippen molar-refractivity contribution in [1.29, 1.82) is 0 Å². The molecule has 2 aromatic heterocycles. The molecular weight excluding hydrogens is 528 g/mol. The first-order chi connectivity index (χ1) is 19.3. The number of aliphatic carboxylic acids is 1. The van der Waals surface area contributed by atoms with Crippen LogP contribution in [0.2, 0.25) is 5.02 Å². The van der Waals surface area contributed by atoms with Crippen molar-refractivity contribution in [2.24, 2.45) is 11.3 Å². The minimum atomic E-state index is -0.717. The second kappa shape index (κ2) is 10.2. The average Bonchev–Trinajstić information content (AvgIpc) is 3.35. The number of pyridine rings is 1. The predicted octanol–water partition coefficient (Wildman–Crippen LogP) is 6.13. The van der Waals surface area contributed by atoms with E-state index in [4.69, 9.17) is 16.3 Å². The average molecular weight is 559 g/mol.